The fraction of sp³-hybridized carbons (Fsp3) is 0.794. The summed E-state index contributed by atoms with van der Waals surface area (Å²) in [7, 11) is -0.0717. The SMILES string of the molecule is CCCCCCCCCCCCCCCCCCOc1ccccc1CC(COP(O)OCC[NH2+]C)OC(=O)CCC. The Hall–Kier alpha value is -1.24. The second kappa shape index (κ2) is 28.5. The second-order valence-corrected chi connectivity index (χ2v) is 12.4. The van der Waals surface area contributed by atoms with Gasteiger partial charge >= 0.3 is 14.6 Å². The van der Waals surface area contributed by atoms with Crippen molar-refractivity contribution in [3.05, 3.63) is 29.8 Å². The summed E-state index contributed by atoms with van der Waals surface area (Å²) in [6.45, 7) is 6.11. The molecule has 1 rings (SSSR count). The molecule has 0 spiro atoms. The Morgan fingerprint density at radius 1 is 0.786 bits per heavy atom. The smallest absolute Gasteiger partial charge is 0.330 e. The highest BCUT2D eigenvalue weighted by atomic mass is 31.2. The maximum atomic E-state index is 12.2. The molecule has 3 N–H and O–H groups in total. The molecular weight excluding hydrogens is 549 g/mol. The Morgan fingerprint density at radius 3 is 1.93 bits per heavy atom. The number of hydrogen-bond donors (Lipinski definition) is 2. The van der Waals surface area contributed by atoms with Crippen molar-refractivity contribution in [3.8, 4) is 5.75 Å². The number of quaternary nitrogens is 1. The van der Waals surface area contributed by atoms with Crippen LogP contribution in [0.4, 0.5) is 0 Å². The van der Waals surface area contributed by atoms with Crippen molar-refractivity contribution in [1.29, 1.82) is 0 Å². The molecule has 2 unspecified atom stereocenters. The molecule has 0 aromatic heterocycles. The van der Waals surface area contributed by atoms with Gasteiger partial charge in [0, 0.05) is 12.8 Å². The van der Waals surface area contributed by atoms with Gasteiger partial charge in [0.05, 0.1) is 26.8 Å². The average molecular weight is 613 g/mol. The number of hydrogen-bond acceptors (Lipinski definition) is 6. The van der Waals surface area contributed by atoms with Gasteiger partial charge in [0.15, 0.2) is 0 Å². The van der Waals surface area contributed by atoms with Crippen molar-refractivity contribution < 1.29 is 33.5 Å². The molecule has 7 nitrogen and oxygen atoms in total. The lowest BCUT2D eigenvalue weighted by molar-refractivity contribution is -0.627. The van der Waals surface area contributed by atoms with Crippen molar-refractivity contribution in [2.24, 2.45) is 0 Å². The monoisotopic (exact) mass is 612 g/mol. The third-order valence-electron chi connectivity index (χ3n) is 7.41. The lowest BCUT2D eigenvalue weighted by atomic mass is 10.0. The van der Waals surface area contributed by atoms with Crippen LogP contribution in [0.5, 0.6) is 5.75 Å². The van der Waals surface area contributed by atoms with Gasteiger partial charge in [0.1, 0.15) is 18.5 Å². The lowest BCUT2D eigenvalue weighted by Gasteiger charge is -2.21. The predicted molar refractivity (Wildman–Crippen MR) is 174 cm³/mol. The molecule has 0 heterocycles. The molecule has 0 saturated carbocycles. The Labute approximate surface area is 258 Å². The van der Waals surface area contributed by atoms with Gasteiger partial charge in [0.2, 0.25) is 0 Å². The van der Waals surface area contributed by atoms with Crippen molar-refractivity contribution in [3.63, 3.8) is 0 Å². The summed E-state index contributed by atoms with van der Waals surface area (Å²) < 4.78 is 22.6. The fourth-order valence-electron chi connectivity index (χ4n) is 4.91. The normalized spacial score (nSPS) is 12.8. The maximum Gasteiger partial charge on any atom is 0.330 e. The molecule has 42 heavy (non-hydrogen) atoms. The molecule has 244 valence electrons. The highest BCUT2D eigenvalue weighted by Crippen LogP contribution is 2.33. The molecule has 0 amide bonds. The van der Waals surface area contributed by atoms with E-state index < -0.39 is 14.7 Å². The number of likely N-dealkylation sites (N-methyl/N-ethyl adjacent to an activating group) is 1. The average Bonchev–Trinajstić information content (AvgIpc) is 2.98. The summed E-state index contributed by atoms with van der Waals surface area (Å²) in [5, 5.41) is 1.97. The van der Waals surface area contributed by atoms with E-state index in [1.165, 1.54) is 96.3 Å². The minimum absolute atomic E-state index is 0.0704. The zero-order chi connectivity index (χ0) is 30.5. The van der Waals surface area contributed by atoms with Gasteiger partial charge in [-0.05, 0) is 24.5 Å². The topological polar surface area (TPSA) is 90.8 Å². The van der Waals surface area contributed by atoms with E-state index in [0.29, 0.717) is 26.1 Å². The number of ether oxygens (including phenoxy) is 2. The Kier molecular flexibility index (Phi) is 26.3. The highest BCUT2D eigenvalue weighted by molar-refractivity contribution is 7.40. The van der Waals surface area contributed by atoms with Crippen LogP contribution in [-0.4, -0.2) is 50.4 Å². The van der Waals surface area contributed by atoms with Crippen LogP contribution in [-0.2, 0) is 25.0 Å². The van der Waals surface area contributed by atoms with Crippen LogP contribution in [0.25, 0.3) is 0 Å². The summed E-state index contributed by atoms with van der Waals surface area (Å²) in [6, 6.07) is 7.90. The van der Waals surface area contributed by atoms with E-state index in [1.807, 2.05) is 43.6 Å². The maximum absolute atomic E-state index is 12.2. The number of para-hydroxylation sites is 1. The van der Waals surface area contributed by atoms with Crippen LogP contribution in [0, 0.1) is 0 Å². The van der Waals surface area contributed by atoms with E-state index in [2.05, 4.69) is 6.92 Å². The van der Waals surface area contributed by atoms with Gasteiger partial charge in [0.25, 0.3) is 0 Å². The number of nitrogens with two attached hydrogens (primary N) is 1. The first kappa shape index (κ1) is 38.8. The largest absolute Gasteiger partial charge is 0.493 e. The first-order valence-corrected chi connectivity index (χ1v) is 18.2. The first-order valence-electron chi connectivity index (χ1n) is 17.0. The number of carbonyl (C=O) groups excluding carboxylic acids is 1. The minimum Gasteiger partial charge on any atom is -0.493 e. The quantitative estimate of drug-likeness (QED) is 0.0519. The third-order valence-corrected chi connectivity index (χ3v) is 8.18. The second-order valence-electron chi connectivity index (χ2n) is 11.4. The van der Waals surface area contributed by atoms with Gasteiger partial charge < -0.3 is 28.7 Å². The molecule has 0 aliphatic carbocycles. The molecule has 0 radical (unpaired) electrons. The molecule has 0 aliphatic heterocycles. The first-order chi connectivity index (χ1) is 20.6. The third kappa shape index (κ3) is 22.3. The standard InChI is InChI=1S/C34H62NO6P/c1-4-6-7-8-9-10-11-12-13-14-15-16-17-18-19-22-27-38-33-25-21-20-24-31(33)29-32(41-34(36)23-5-2)30-40-42(37)39-28-26-35-3/h20-21,24-25,32,35,37H,4-19,22-23,26-30H2,1-3H3/p+1. The molecule has 2 atom stereocenters. The number of rotatable bonds is 30. The van der Waals surface area contributed by atoms with E-state index in [-0.39, 0.29) is 12.6 Å². The molecule has 8 heteroatoms. The van der Waals surface area contributed by atoms with E-state index in [1.54, 1.807) is 0 Å². The number of unbranched alkanes of at least 4 members (excludes halogenated alkanes) is 15. The molecular formula is C34H63NO6P+. The van der Waals surface area contributed by atoms with Crippen LogP contribution in [0.15, 0.2) is 24.3 Å². The number of esters is 1. The van der Waals surface area contributed by atoms with Gasteiger partial charge in [-0.25, -0.2) is 0 Å². The Balaban J connectivity index is 2.26. The Bertz CT molecular complexity index is 752. The van der Waals surface area contributed by atoms with Gasteiger partial charge in [-0.1, -0.05) is 128 Å². The molecule has 0 aliphatic rings. The summed E-state index contributed by atoms with van der Waals surface area (Å²) >= 11 is 0. The van der Waals surface area contributed by atoms with Crippen LogP contribution < -0.4 is 10.1 Å². The van der Waals surface area contributed by atoms with E-state index in [0.717, 1.165) is 30.7 Å². The Morgan fingerprint density at radius 2 is 1.36 bits per heavy atom. The lowest BCUT2D eigenvalue weighted by Crippen LogP contribution is -2.80. The van der Waals surface area contributed by atoms with Crippen molar-refractivity contribution in [2.75, 3.05) is 33.4 Å². The van der Waals surface area contributed by atoms with Crippen LogP contribution in [0.1, 0.15) is 135 Å². The number of benzene rings is 1. The molecule has 0 bridgehead atoms. The van der Waals surface area contributed by atoms with Gasteiger partial charge in [-0.15, -0.1) is 0 Å². The molecule has 1 aromatic rings. The number of carbonyl (C=O) groups is 1. The minimum atomic E-state index is -2.01. The summed E-state index contributed by atoms with van der Waals surface area (Å²) in [5.74, 6) is 0.553. The predicted octanol–water partition coefficient (Wildman–Crippen LogP) is 8.03. The van der Waals surface area contributed by atoms with Crippen molar-refractivity contribution >= 4 is 14.6 Å². The molecule has 1 aromatic carbocycles. The van der Waals surface area contributed by atoms with Crippen LogP contribution >= 0.6 is 8.60 Å². The summed E-state index contributed by atoms with van der Waals surface area (Å²) in [5.41, 5.74) is 0.968. The van der Waals surface area contributed by atoms with Gasteiger partial charge in [-0.3, -0.25) is 4.79 Å². The summed E-state index contributed by atoms with van der Waals surface area (Å²) in [4.78, 5) is 22.3. The van der Waals surface area contributed by atoms with E-state index in [4.69, 9.17) is 18.5 Å². The van der Waals surface area contributed by atoms with Crippen molar-refractivity contribution in [2.45, 2.75) is 142 Å². The van der Waals surface area contributed by atoms with E-state index in [9.17, 15) is 9.69 Å². The molecule has 0 saturated heterocycles. The van der Waals surface area contributed by atoms with Crippen LogP contribution in [0.2, 0.25) is 0 Å². The fourth-order valence-corrected chi connectivity index (χ4v) is 5.54. The van der Waals surface area contributed by atoms with Crippen molar-refractivity contribution in [1.82, 2.24) is 0 Å². The van der Waals surface area contributed by atoms with E-state index >= 15 is 0 Å². The van der Waals surface area contributed by atoms with Crippen LogP contribution in [0.3, 0.4) is 0 Å². The zero-order valence-electron chi connectivity index (χ0n) is 27.2. The summed E-state index contributed by atoms with van der Waals surface area (Å²) in [6.07, 6.45) is 22.6. The zero-order valence-corrected chi connectivity index (χ0v) is 28.1. The van der Waals surface area contributed by atoms with Gasteiger partial charge in [-0.2, -0.15) is 0 Å². The molecule has 0 fully saturated rings. The highest BCUT2D eigenvalue weighted by Gasteiger charge is 2.20.